The molecule has 9 nitrogen and oxygen atoms in total. The van der Waals surface area contributed by atoms with Crippen molar-refractivity contribution in [1.29, 1.82) is 0 Å². The second-order valence-corrected chi connectivity index (χ2v) is 10.2. The van der Waals surface area contributed by atoms with Crippen molar-refractivity contribution in [2.45, 2.75) is 74.3 Å². The maximum Gasteiger partial charge on any atom is 0.310 e. The number of aromatic nitrogens is 2. The fourth-order valence-corrected chi connectivity index (χ4v) is 4.84. The third-order valence-corrected chi connectivity index (χ3v) is 6.91. The third kappa shape index (κ3) is 5.72. The summed E-state index contributed by atoms with van der Waals surface area (Å²) in [5.74, 6) is -0.775. The van der Waals surface area contributed by atoms with Gasteiger partial charge in [0.25, 0.3) is 5.69 Å². The van der Waals surface area contributed by atoms with Crippen molar-refractivity contribution >= 4 is 27.2 Å². The first-order valence-electron chi connectivity index (χ1n) is 11.3. The van der Waals surface area contributed by atoms with Gasteiger partial charge in [-0.15, -0.1) is 0 Å². The molecule has 0 saturated carbocycles. The van der Waals surface area contributed by atoms with E-state index in [0.717, 1.165) is 5.57 Å². The zero-order valence-electron chi connectivity index (χ0n) is 20.9. The van der Waals surface area contributed by atoms with Crippen LogP contribution >= 0.6 is 0 Å². The number of nitro benzene ring substituents is 1. The Labute approximate surface area is 201 Å². The maximum atomic E-state index is 13.7. The highest BCUT2D eigenvalue weighted by Crippen LogP contribution is 2.35. The van der Waals surface area contributed by atoms with Crippen LogP contribution in [0.5, 0.6) is 5.88 Å². The Hall–Kier alpha value is -3.01. The van der Waals surface area contributed by atoms with Gasteiger partial charge in [-0.25, -0.2) is 4.68 Å². The van der Waals surface area contributed by atoms with Crippen molar-refractivity contribution in [3.05, 3.63) is 55.8 Å². The number of hydrogen-bond acceptors (Lipinski definition) is 7. The Balaban J connectivity index is 2.74. The smallest absolute Gasteiger partial charge is 0.310 e. The van der Waals surface area contributed by atoms with E-state index < -0.39 is 20.8 Å². The fourth-order valence-electron chi connectivity index (χ4n) is 3.71. The molecule has 0 aliphatic rings. The number of carbonyl (C=O) groups is 1. The highest BCUT2D eigenvalue weighted by atomic mass is 32.2. The van der Waals surface area contributed by atoms with Crippen LogP contribution in [0.1, 0.15) is 86.6 Å². The molecule has 2 rings (SSSR count). The summed E-state index contributed by atoms with van der Waals surface area (Å²) < 4.78 is 32.0. The standard InChI is InChI=1S/C24H33N3O6S/c1-8-10-14-34(31,32)33-24-22(18(7)25-26(24)13-9-2)23(28)19-11-12-20(27(29)30)21(17(19)6)16(5)15(3)4/h11-12H,8-10,13-14H2,1-7H3. The Morgan fingerprint density at radius 3 is 2.29 bits per heavy atom. The van der Waals surface area contributed by atoms with E-state index >= 15 is 0 Å². The number of aryl methyl sites for hydroxylation is 2. The van der Waals surface area contributed by atoms with E-state index in [1.54, 1.807) is 20.8 Å². The molecule has 0 unspecified atom stereocenters. The average molecular weight is 492 g/mol. The average Bonchev–Trinajstić information content (AvgIpc) is 3.05. The molecule has 1 heterocycles. The second-order valence-electron chi connectivity index (χ2n) is 8.53. The lowest BCUT2D eigenvalue weighted by molar-refractivity contribution is -0.385. The predicted octanol–water partition coefficient (Wildman–Crippen LogP) is 5.37. The van der Waals surface area contributed by atoms with Crippen LogP contribution in [0.4, 0.5) is 5.69 Å². The van der Waals surface area contributed by atoms with Gasteiger partial charge in [-0.05, 0) is 64.7 Å². The van der Waals surface area contributed by atoms with Crippen LogP contribution < -0.4 is 4.18 Å². The quantitative estimate of drug-likeness (QED) is 0.179. The van der Waals surface area contributed by atoms with Crippen LogP contribution in [0.25, 0.3) is 5.57 Å². The first-order valence-corrected chi connectivity index (χ1v) is 12.9. The van der Waals surface area contributed by atoms with Gasteiger partial charge in [0.05, 0.1) is 21.9 Å². The molecule has 0 saturated heterocycles. The number of ketones is 1. The number of allylic oxidation sites excluding steroid dienone is 2. The lowest BCUT2D eigenvalue weighted by Crippen LogP contribution is -2.18. The van der Waals surface area contributed by atoms with Gasteiger partial charge in [-0.2, -0.15) is 13.5 Å². The molecule has 1 aromatic carbocycles. The summed E-state index contributed by atoms with van der Waals surface area (Å²) in [6.45, 7) is 12.9. The molecule has 10 heteroatoms. The van der Waals surface area contributed by atoms with Gasteiger partial charge in [-0.3, -0.25) is 14.9 Å². The van der Waals surface area contributed by atoms with Crippen molar-refractivity contribution in [3.63, 3.8) is 0 Å². The summed E-state index contributed by atoms with van der Waals surface area (Å²) in [6.07, 6.45) is 1.76. The number of hydrogen-bond donors (Lipinski definition) is 0. The highest BCUT2D eigenvalue weighted by Gasteiger charge is 2.30. The topological polar surface area (TPSA) is 121 Å². The minimum Gasteiger partial charge on any atom is -0.361 e. The van der Waals surface area contributed by atoms with E-state index in [-0.39, 0.29) is 28.4 Å². The van der Waals surface area contributed by atoms with Crippen LogP contribution in [0.3, 0.4) is 0 Å². The fraction of sp³-hybridized carbons (Fsp3) is 0.500. The molecule has 186 valence electrons. The maximum absolute atomic E-state index is 13.7. The number of carbonyl (C=O) groups excluding carboxylic acids is 1. The van der Waals surface area contributed by atoms with Gasteiger partial charge in [-0.1, -0.05) is 25.8 Å². The molecule has 34 heavy (non-hydrogen) atoms. The van der Waals surface area contributed by atoms with Crippen molar-refractivity contribution < 1.29 is 22.3 Å². The van der Waals surface area contributed by atoms with E-state index in [2.05, 4.69) is 5.10 Å². The molecule has 0 aliphatic carbocycles. The summed E-state index contributed by atoms with van der Waals surface area (Å²) in [7, 11) is -3.93. The summed E-state index contributed by atoms with van der Waals surface area (Å²) in [5, 5.41) is 16.0. The first-order chi connectivity index (χ1) is 15.9. The molecule has 0 amide bonds. The minimum atomic E-state index is -3.93. The van der Waals surface area contributed by atoms with Crippen LogP contribution in [0.15, 0.2) is 17.7 Å². The zero-order valence-corrected chi connectivity index (χ0v) is 21.7. The molecule has 0 fully saturated rings. The number of rotatable bonds is 11. The Bertz CT molecular complexity index is 1240. The minimum absolute atomic E-state index is 0.0475. The molecular weight excluding hydrogens is 458 g/mol. The summed E-state index contributed by atoms with van der Waals surface area (Å²) in [5.41, 5.74) is 2.93. The molecule has 1 aromatic heterocycles. The molecule has 0 N–H and O–H groups in total. The Kier molecular flexibility index (Phi) is 8.77. The lowest BCUT2D eigenvalue weighted by Gasteiger charge is -2.14. The van der Waals surface area contributed by atoms with Crippen molar-refractivity contribution in [1.82, 2.24) is 9.78 Å². The number of nitrogens with zero attached hydrogens (tertiary/aromatic N) is 3. The lowest BCUT2D eigenvalue weighted by atomic mass is 9.90. The molecular formula is C24H33N3O6S. The van der Waals surface area contributed by atoms with Crippen LogP contribution in [-0.4, -0.2) is 34.7 Å². The van der Waals surface area contributed by atoms with Gasteiger partial charge in [0.1, 0.15) is 5.56 Å². The molecule has 0 atom stereocenters. The van der Waals surface area contributed by atoms with Crippen molar-refractivity contribution in [2.24, 2.45) is 0 Å². The van der Waals surface area contributed by atoms with Gasteiger partial charge >= 0.3 is 10.1 Å². The number of unbranched alkanes of at least 4 members (excludes halogenated alkanes) is 1. The molecule has 0 radical (unpaired) electrons. The third-order valence-electron chi connectivity index (χ3n) is 5.71. The number of benzene rings is 1. The van der Waals surface area contributed by atoms with Crippen molar-refractivity contribution in [3.8, 4) is 5.88 Å². The molecule has 2 aromatic rings. The van der Waals surface area contributed by atoms with E-state index in [1.807, 2.05) is 27.7 Å². The SMILES string of the molecule is CCCCS(=O)(=O)Oc1c(C(=O)c2ccc([N+](=O)[O-])c(C(C)=C(C)C)c2C)c(C)nn1CCC. The van der Waals surface area contributed by atoms with E-state index in [9.17, 15) is 23.3 Å². The monoisotopic (exact) mass is 491 g/mol. The summed E-state index contributed by atoms with van der Waals surface area (Å²) >= 11 is 0. The first kappa shape index (κ1) is 27.2. The largest absolute Gasteiger partial charge is 0.361 e. The normalized spacial score (nSPS) is 11.4. The van der Waals surface area contributed by atoms with E-state index in [1.165, 1.54) is 16.8 Å². The van der Waals surface area contributed by atoms with Crippen LogP contribution in [0, 0.1) is 24.0 Å². The molecule has 0 spiro atoms. The molecule has 0 bridgehead atoms. The van der Waals surface area contributed by atoms with Crippen LogP contribution in [-0.2, 0) is 16.7 Å². The predicted molar refractivity (Wildman–Crippen MR) is 132 cm³/mol. The summed E-state index contributed by atoms with van der Waals surface area (Å²) in [4.78, 5) is 24.9. The molecule has 0 aliphatic heterocycles. The second kappa shape index (κ2) is 10.9. The number of nitro groups is 1. The highest BCUT2D eigenvalue weighted by molar-refractivity contribution is 7.87. The van der Waals surface area contributed by atoms with Gasteiger partial charge < -0.3 is 4.18 Å². The zero-order chi connectivity index (χ0) is 25.8. The van der Waals surface area contributed by atoms with Gasteiger partial charge in [0, 0.05) is 18.2 Å². The Morgan fingerprint density at radius 1 is 1.12 bits per heavy atom. The van der Waals surface area contributed by atoms with Crippen LogP contribution in [0.2, 0.25) is 0 Å². The van der Waals surface area contributed by atoms with Gasteiger partial charge in [0.2, 0.25) is 11.7 Å². The summed E-state index contributed by atoms with van der Waals surface area (Å²) in [6, 6.07) is 2.72. The van der Waals surface area contributed by atoms with E-state index in [0.29, 0.717) is 48.2 Å². The van der Waals surface area contributed by atoms with E-state index in [4.69, 9.17) is 4.18 Å². The van der Waals surface area contributed by atoms with Gasteiger partial charge in [0.15, 0.2) is 0 Å². The van der Waals surface area contributed by atoms with Crippen molar-refractivity contribution in [2.75, 3.05) is 5.75 Å². The Morgan fingerprint density at radius 2 is 1.76 bits per heavy atom.